The largest absolute Gasteiger partial charge is 0.379 e. The molecule has 19 heavy (non-hydrogen) atoms. The molecule has 0 saturated heterocycles. The van der Waals surface area contributed by atoms with Crippen LogP contribution in [0.15, 0.2) is 12.1 Å². The lowest BCUT2D eigenvalue weighted by Crippen LogP contribution is -2.11. The van der Waals surface area contributed by atoms with Gasteiger partial charge in [0.05, 0.1) is 12.5 Å². The summed E-state index contributed by atoms with van der Waals surface area (Å²) in [6.07, 6.45) is 2.09. The molecule has 0 fully saturated rings. The van der Waals surface area contributed by atoms with Crippen LogP contribution in [-0.4, -0.2) is 35.6 Å². The number of carbonyl (C=O) groups is 1. The zero-order valence-electron chi connectivity index (χ0n) is 10.4. The van der Waals surface area contributed by atoms with Gasteiger partial charge in [-0.1, -0.05) is 0 Å². The topological polar surface area (TPSA) is 104 Å². The van der Waals surface area contributed by atoms with Crippen molar-refractivity contribution in [3.05, 3.63) is 23.3 Å². The monoisotopic (exact) mass is 308 g/mol. The average Bonchev–Trinajstić information content (AvgIpc) is 2.17. The lowest BCUT2D eigenvalue weighted by Gasteiger charge is -2.11. The Morgan fingerprint density at radius 2 is 1.37 bits per heavy atom. The van der Waals surface area contributed by atoms with Gasteiger partial charge in [0.15, 0.2) is 11.5 Å². The minimum atomic E-state index is -3.88. The van der Waals surface area contributed by atoms with Crippen molar-refractivity contribution in [3.63, 3.8) is 0 Å². The molecule has 1 aromatic rings. The molecule has 0 radical (unpaired) electrons. The van der Waals surface area contributed by atoms with Gasteiger partial charge >= 0.3 is 20.2 Å². The fraction of sp³-hybridized carbons (Fsp3) is 0.300. The molecule has 1 rings (SSSR count). The predicted octanol–water partition coefficient (Wildman–Crippen LogP) is 0.484. The first-order chi connectivity index (χ1) is 8.52. The SMILES string of the molecule is Cc1cc(OS(C)(=O)=O)c(OS(C)(=O)=O)cc1C=O. The van der Waals surface area contributed by atoms with Gasteiger partial charge in [-0.2, -0.15) is 16.8 Å². The van der Waals surface area contributed by atoms with Crippen molar-refractivity contribution in [1.29, 1.82) is 0 Å². The highest BCUT2D eigenvalue weighted by molar-refractivity contribution is 7.86. The molecule has 0 spiro atoms. The van der Waals surface area contributed by atoms with E-state index in [1.165, 1.54) is 6.07 Å². The molecule has 1 aromatic carbocycles. The van der Waals surface area contributed by atoms with Crippen molar-refractivity contribution in [1.82, 2.24) is 0 Å². The van der Waals surface area contributed by atoms with Crippen LogP contribution in [0.3, 0.4) is 0 Å². The van der Waals surface area contributed by atoms with E-state index in [1.807, 2.05) is 0 Å². The van der Waals surface area contributed by atoms with Crippen LogP contribution in [0.4, 0.5) is 0 Å². The van der Waals surface area contributed by atoms with Gasteiger partial charge in [0, 0.05) is 5.56 Å². The van der Waals surface area contributed by atoms with Crippen LogP contribution in [0.1, 0.15) is 15.9 Å². The molecule has 0 aliphatic rings. The van der Waals surface area contributed by atoms with E-state index in [-0.39, 0.29) is 17.1 Å². The summed E-state index contributed by atoms with van der Waals surface area (Å²) < 4.78 is 53.6. The smallest absolute Gasteiger partial charge is 0.306 e. The third-order valence-corrected chi connectivity index (χ3v) is 2.91. The van der Waals surface area contributed by atoms with Crippen molar-refractivity contribution in [2.24, 2.45) is 0 Å². The van der Waals surface area contributed by atoms with E-state index < -0.39 is 20.2 Å². The van der Waals surface area contributed by atoms with E-state index in [0.717, 1.165) is 18.6 Å². The molecule has 0 unspecified atom stereocenters. The van der Waals surface area contributed by atoms with Crippen LogP contribution in [-0.2, 0) is 20.2 Å². The number of aldehydes is 1. The van der Waals surface area contributed by atoms with Gasteiger partial charge in [-0.15, -0.1) is 0 Å². The third-order valence-electron chi connectivity index (χ3n) is 1.94. The van der Waals surface area contributed by atoms with E-state index in [4.69, 9.17) is 0 Å². The summed E-state index contributed by atoms with van der Waals surface area (Å²) in [5, 5.41) is 0. The van der Waals surface area contributed by atoms with E-state index in [9.17, 15) is 21.6 Å². The number of hydrogen-bond donors (Lipinski definition) is 0. The molecule has 0 amide bonds. The summed E-state index contributed by atoms with van der Waals surface area (Å²) in [6, 6.07) is 2.31. The molecular weight excluding hydrogens is 296 g/mol. The van der Waals surface area contributed by atoms with Crippen LogP contribution >= 0.6 is 0 Å². The molecule has 7 nitrogen and oxygen atoms in total. The maximum absolute atomic E-state index is 11.1. The van der Waals surface area contributed by atoms with E-state index in [1.54, 1.807) is 6.92 Å². The lowest BCUT2D eigenvalue weighted by atomic mass is 10.1. The summed E-state index contributed by atoms with van der Waals surface area (Å²) in [6.45, 7) is 1.54. The Kier molecular flexibility index (Phi) is 4.21. The number of aryl methyl sites for hydroxylation is 1. The second-order valence-electron chi connectivity index (χ2n) is 3.85. The fourth-order valence-corrected chi connectivity index (χ4v) is 2.17. The minimum Gasteiger partial charge on any atom is -0.379 e. The van der Waals surface area contributed by atoms with Gasteiger partial charge in [-0.05, 0) is 24.6 Å². The third kappa shape index (κ3) is 4.87. The van der Waals surface area contributed by atoms with Gasteiger partial charge in [-0.3, -0.25) is 4.79 Å². The Hall–Kier alpha value is -1.61. The molecule has 9 heteroatoms. The molecule has 0 atom stereocenters. The zero-order valence-corrected chi connectivity index (χ0v) is 12.0. The molecule has 0 bridgehead atoms. The highest BCUT2D eigenvalue weighted by atomic mass is 32.2. The van der Waals surface area contributed by atoms with Gasteiger partial charge in [0.25, 0.3) is 0 Å². The molecule has 0 aliphatic carbocycles. The van der Waals surface area contributed by atoms with E-state index in [2.05, 4.69) is 8.37 Å². The Bertz CT molecular complexity index is 702. The number of rotatable bonds is 5. The van der Waals surface area contributed by atoms with E-state index >= 15 is 0 Å². The number of hydrogen-bond acceptors (Lipinski definition) is 7. The second kappa shape index (κ2) is 5.17. The predicted molar refractivity (Wildman–Crippen MR) is 67.5 cm³/mol. The lowest BCUT2D eigenvalue weighted by molar-refractivity contribution is 0.112. The molecule has 0 heterocycles. The Morgan fingerprint density at radius 1 is 0.947 bits per heavy atom. The van der Waals surface area contributed by atoms with Crippen molar-refractivity contribution in [2.75, 3.05) is 12.5 Å². The standard InChI is InChI=1S/C10H12O7S2/c1-7-4-9(16-18(2,12)13)10(5-8(7)6-11)17-19(3,14)15/h4-6H,1-3H3. The quantitative estimate of drug-likeness (QED) is 0.575. The maximum atomic E-state index is 11.1. The molecule has 0 N–H and O–H groups in total. The molecule has 106 valence electrons. The zero-order chi connectivity index (χ0) is 14.8. The fourth-order valence-electron chi connectivity index (χ4n) is 1.26. The summed E-state index contributed by atoms with van der Waals surface area (Å²) in [7, 11) is -7.74. The summed E-state index contributed by atoms with van der Waals surface area (Å²) in [5.41, 5.74) is 0.592. The van der Waals surface area contributed by atoms with Crippen LogP contribution in [0.5, 0.6) is 11.5 Å². The van der Waals surface area contributed by atoms with Gasteiger partial charge in [-0.25, -0.2) is 0 Å². The Morgan fingerprint density at radius 3 is 1.74 bits per heavy atom. The van der Waals surface area contributed by atoms with Crippen LogP contribution in [0, 0.1) is 6.92 Å². The molecular formula is C10H12O7S2. The van der Waals surface area contributed by atoms with Crippen molar-refractivity contribution in [2.45, 2.75) is 6.92 Å². The first-order valence-electron chi connectivity index (χ1n) is 4.90. The average molecular weight is 308 g/mol. The highest BCUT2D eigenvalue weighted by Gasteiger charge is 2.17. The highest BCUT2D eigenvalue weighted by Crippen LogP contribution is 2.32. The second-order valence-corrected chi connectivity index (χ2v) is 7.00. The van der Waals surface area contributed by atoms with Crippen LogP contribution in [0.2, 0.25) is 0 Å². The number of carbonyl (C=O) groups excluding carboxylic acids is 1. The Labute approximate surface area is 111 Å². The first-order valence-corrected chi connectivity index (χ1v) is 8.54. The van der Waals surface area contributed by atoms with E-state index in [0.29, 0.717) is 11.8 Å². The van der Waals surface area contributed by atoms with Gasteiger partial charge in [0.2, 0.25) is 0 Å². The summed E-state index contributed by atoms with van der Waals surface area (Å²) >= 11 is 0. The van der Waals surface area contributed by atoms with Crippen molar-refractivity contribution >= 4 is 26.5 Å². The minimum absolute atomic E-state index is 0.166. The van der Waals surface area contributed by atoms with Gasteiger partial charge < -0.3 is 8.37 Å². The maximum Gasteiger partial charge on any atom is 0.306 e. The first kappa shape index (κ1) is 15.4. The summed E-state index contributed by atoms with van der Waals surface area (Å²) in [5.74, 6) is -0.656. The van der Waals surface area contributed by atoms with Crippen molar-refractivity contribution in [3.8, 4) is 11.5 Å². The normalized spacial score (nSPS) is 11.9. The van der Waals surface area contributed by atoms with Crippen LogP contribution < -0.4 is 8.37 Å². The van der Waals surface area contributed by atoms with Crippen LogP contribution in [0.25, 0.3) is 0 Å². The molecule has 0 aliphatic heterocycles. The molecule has 0 saturated carbocycles. The Balaban J connectivity index is 3.42. The molecule has 0 aromatic heterocycles. The number of benzene rings is 1. The van der Waals surface area contributed by atoms with Gasteiger partial charge in [0.1, 0.15) is 6.29 Å². The van der Waals surface area contributed by atoms with Crippen molar-refractivity contribution < 1.29 is 30.0 Å². The summed E-state index contributed by atoms with van der Waals surface area (Å²) in [4.78, 5) is 10.8.